The number of aliphatic hydroxyl groups is 1. The van der Waals surface area contributed by atoms with Gasteiger partial charge in [0.1, 0.15) is 5.60 Å². The molecule has 0 fully saturated rings. The molecule has 0 saturated heterocycles. The number of rotatable bonds is 3. The monoisotopic (exact) mass is 256 g/mol. The van der Waals surface area contributed by atoms with Crippen LogP contribution in [0.3, 0.4) is 0 Å². The van der Waals surface area contributed by atoms with Crippen LogP contribution in [0.25, 0.3) is 10.8 Å². The first-order valence-corrected chi connectivity index (χ1v) is 6.02. The Morgan fingerprint density at radius 3 is 2.63 bits per heavy atom. The molecule has 2 rings (SSSR count). The van der Waals surface area contributed by atoms with Crippen molar-refractivity contribution in [3.63, 3.8) is 0 Å². The predicted molar refractivity (Wildman–Crippen MR) is 76.0 cm³/mol. The standard InChI is InChI=1S/C15H16N2O2/c1-15(2,19)14(18)17-16-10-12-8-5-7-11-6-3-4-9-13(11)12/h3-10,19H,1-2H3,(H,17,18)/b16-10-. The molecule has 19 heavy (non-hydrogen) atoms. The van der Waals surface area contributed by atoms with Crippen LogP contribution >= 0.6 is 0 Å². The van der Waals surface area contributed by atoms with Gasteiger partial charge in [-0.3, -0.25) is 4.79 Å². The van der Waals surface area contributed by atoms with E-state index in [9.17, 15) is 9.90 Å². The number of fused-ring (bicyclic) bond motifs is 1. The van der Waals surface area contributed by atoms with Gasteiger partial charge in [-0.05, 0) is 24.6 Å². The minimum absolute atomic E-state index is 0.538. The SMILES string of the molecule is CC(C)(O)C(=O)N/N=C\c1cccc2ccccc12. The number of nitrogens with zero attached hydrogens (tertiary/aromatic N) is 1. The van der Waals surface area contributed by atoms with Gasteiger partial charge in [-0.2, -0.15) is 5.10 Å². The van der Waals surface area contributed by atoms with E-state index in [1.165, 1.54) is 13.8 Å². The Labute approximate surface area is 111 Å². The van der Waals surface area contributed by atoms with Crippen LogP contribution < -0.4 is 5.43 Å². The van der Waals surface area contributed by atoms with Crippen molar-refractivity contribution in [3.05, 3.63) is 48.0 Å². The van der Waals surface area contributed by atoms with Crippen LogP contribution in [0.15, 0.2) is 47.6 Å². The van der Waals surface area contributed by atoms with Crippen LogP contribution in [0.2, 0.25) is 0 Å². The van der Waals surface area contributed by atoms with Gasteiger partial charge in [0, 0.05) is 5.56 Å². The highest BCUT2D eigenvalue weighted by molar-refractivity contribution is 6.00. The van der Waals surface area contributed by atoms with Crippen molar-refractivity contribution in [2.24, 2.45) is 5.10 Å². The number of hydrogen-bond acceptors (Lipinski definition) is 3. The number of hydrogen-bond donors (Lipinski definition) is 2. The molecule has 0 atom stereocenters. The zero-order valence-corrected chi connectivity index (χ0v) is 10.9. The molecule has 98 valence electrons. The van der Waals surface area contributed by atoms with Crippen molar-refractivity contribution in [3.8, 4) is 0 Å². The van der Waals surface area contributed by atoms with Gasteiger partial charge in [-0.25, -0.2) is 5.43 Å². The molecule has 2 aromatic rings. The van der Waals surface area contributed by atoms with E-state index >= 15 is 0 Å². The van der Waals surface area contributed by atoms with Crippen LogP contribution in [0.5, 0.6) is 0 Å². The predicted octanol–water partition coefficient (Wildman–Crippen LogP) is 2.06. The van der Waals surface area contributed by atoms with Gasteiger partial charge < -0.3 is 5.11 Å². The Morgan fingerprint density at radius 1 is 1.21 bits per heavy atom. The minimum atomic E-state index is -1.43. The maximum Gasteiger partial charge on any atom is 0.271 e. The third-order valence-electron chi connectivity index (χ3n) is 2.75. The van der Waals surface area contributed by atoms with Crippen molar-refractivity contribution >= 4 is 22.9 Å². The Morgan fingerprint density at radius 2 is 1.89 bits per heavy atom. The minimum Gasteiger partial charge on any atom is -0.381 e. The fraction of sp³-hybridized carbons (Fsp3) is 0.200. The van der Waals surface area contributed by atoms with Crippen LogP contribution in [0, 0.1) is 0 Å². The summed E-state index contributed by atoms with van der Waals surface area (Å²) >= 11 is 0. The highest BCUT2D eigenvalue weighted by Crippen LogP contribution is 2.16. The van der Waals surface area contributed by atoms with E-state index in [1.54, 1.807) is 6.21 Å². The third kappa shape index (κ3) is 3.17. The molecule has 4 heteroatoms. The first kappa shape index (κ1) is 13.2. The van der Waals surface area contributed by atoms with Crippen molar-refractivity contribution < 1.29 is 9.90 Å². The molecule has 0 aliphatic rings. The Kier molecular flexibility index (Phi) is 3.62. The van der Waals surface area contributed by atoms with Crippen molar-refractivity contribution in [1.82, 2.24) is 5.43 Å². The normalized spacial score (nSPS) is 11.9. The van der Waals surface area contributed by atoms with Crippen LogP contribution in [-0.4, -0.2) is 22.8 Å². The van der Waals surface area contributed by atoms with E-state index < -0.39 is 11.5 Å². The molecule has 0 aliphatic carbocycles. The number of carbonyl (C=O) groups is 1. The molecule has 0 aromatic heterocycles. The second-order valence-corrected chi connectivity index (χ2v) is 4.83. The maximum atomic E-state index is 11.4. The lowest BCUT2D eigenvalue weighted by molar-refractivity contribution is -0.136. The molecule has 0 heterocycles. The molecule has 1 amide bonds. The summed E-state index contributed by atoms with van der Waals surface area (Å²) in [5, 5.41) is 15.5. The van der Waals surface area contributed by atoms with E-state index in [0.717, 1.165) is 16.3 Å². The zero-order valence-electron chi connectivity index (χ0n) is 10.9. The lowest BCUT2D eigenvalue weighted by atomic mass is 10.1. The molecule has 0 spiro atoms. The lowest BCUT2D eigenvalue weighted by Crippen LogP contribution is -2.39. The Hall–Kier alpha value is -2.20. The van der Waals surface area contributed by atoms with Gasteiger partial charge in [0.15, 0.2) is 0 Å². The van der Waals surface area contributed by atoms with Gasteiger partial charge in [0.25, 0.3) is 5.91 Å². The third-order valence-corrected chi connectivity index (χ3v) is 2.75. The number of benzene rings is 2. The summed E-state index contributed by atoms with van der Waals surface area (Å²) in [6, 6.07) is 13.8. The average molecular weight is 256 g/mol. The van der Waals surface area contributed by atoms with Gasteiger partial charge in [-0.1, -0.05) is 42.5 Å². The summed E-state index contributed by atoms with van der Waals surface area (Å²) in [6.45, 7) is 2.82. The summed E-state index contributed by atoms with van der Waals surface area (Å²) < 4.78 is 0. The van der Waals surface area contributed by atoms with Gasteiger partial charge in [0.2, 0.25) is 0 Å². The molecule has 0 saturated carbocycles. The topological polar surface area (TPSA) is 61.7 Å². The van der Waals surface area contributed by atoms with Crippen LogP contribution in [0.1, 0.15) is 19.4 Å². The highest BCUT2D eigenvalue weighted by atomic mass is 16.3. The van der Waals surface area contributed by atoms with Gasteiger partial charge in [-0.15, -0.1) is 0 Å². The number of hydrazone groups is 1. The van der Waals surface area contributed by atoms with Crippen LogP contribution in [-0.2, 0) is 4.79 Å². The summed E-state index contributed by atoms with van der Waals surface area (Å²) in [7, 11) is 0. The number of nitrogens with one attached hydrogen (secondary N) is 1. The largest absolute Gasteiger partial charge is 0.381 e. The zero-order chi connectivity index (χ0) is 13.9. The van der Waals surface area contributed by atoms with Crippen molar-refractivity contribution in [1.29, 1.82) is 0 Å². The molecule has 0 unspecified atom stereocenters. The molecule has 0 radical (unpaired) electrons. The molecule has 4 nitrogen and oxygen atoms in total. The highest BCUT2D eigenvalue weighted by Gasteiger charge is 2.22. The Balaban J connectivity index is 2.20. The van der Waals surface area contributed by atoms with Crippen molar-refractivity contribution in [2.75, 3.05) is 0 Å². The second kappa shape index (κ2) is 5.20. The average Bonchev–Trinajstić information content (AvgIpc) is 2.38. The van der Waals surface area contributed by atoms with E-state index in [2.05, 4.69) is 10.5 Å². The summed E-state index contributed by atoms with van der Waals surface area (Å²) in [5.41, 5.74) is 1.79. The fourth-order valence-electron chi connectivity index (χ4n) is 1.66. The summed E-state index contributed by atoms with van der Waals surface area (Å²) in [5.74, 6) is -0.538. The second-order valence-electron chi connectivity index (χ2n) is 4.83. The van der Waals surface area contributed by atoms with Crippen molar-refractivity contribution in [2.45, 2.75) is 19.4 Å². The molecule has 2 aromatic carbocycles. The molecule has 0 bridgehead atoms. The smallest absolute Gasteiger partial charge is 0.271 e. The van der Waals surface area contributed by atoms with Gasteiger partial charge >= 0.3 is 0 Å². The summed E-state index contributed by atoms with van der Waals surface area (Å²) in [6.07, 6.45) is 1.58. The molecular weight excluding hydrogens is 240 g/mol. The molecular formula is C15H16N2O2. The molecule has 0 aliphatic heterocycles. The first-order valence-electron chi connectivity index (χ1n) is 6.02. The van der Waals surface area contributed by atoms with Gasteiger partial charge in [0.05, 0.1) is 6.21 Å². The van der Waals surface area contributed by atoms with Crippen LogP contribution in [0.4, 0.5) is 0 Å². The van der Waals surface area contributed by atoms with E-state index in [0.29, 0.717) is 0 Å². The fourth-order valence-corrected chi connectivity index (χ4v) is 1.66. The van der Waals surface area contributed by atoms with E-state index in [4.69, 9.17) is 0 Å². The molecule has 2 N–H and O–H groups in total. The number of amides is 1. The number of carbonyl (C=O) groups excluding carboxylic acids is 1. The van der Waals surface area contributed by atoms with E-state index in [-0.39, 0.29) is 0 Å². The maximum absolute atomic E-state index is 11.4. The quantitative estimate of drug-likeness (QED) is 0.652. The Bertz CT molecular complexity index is 622. The summed E-state index contributed by atoms with van der Waals surface area (Å²) in [4.78, 5) is 11.4. The first-order chi connectivity index (χ1) is 8.98. The lowest BCUT2D eigenvalue weighted by Gasteiger charge is -2.13. The van der Waals surface area contributed by atoms with E-state index in [1.807, 2.05) is 42.5 Å².